The number of nitrogens with one attached hydrogen (secondary N) is 1. The van der Waals surface area contributed by atoms with Gasteiger partial charge in [0.1, 0.15) is 6.04 Å². The lowest BCUT2D eigenvalue weighted by molar-refractivity contribution is -0.141. The minimum atomic E-state index is -0.961. The average Bonchev–Trinajstić information content (AvgIpc) is 2.19. The van der Waals surface area contributed by atoms with Crippen molar-refractivity contribution in [3.05, 3.63) is 12.2 Å². The van der Waals surface area contributed by atoms with E-state index in [1.165, 1.54) is 0 Å². The zero-order valence-corrected chi connectivity index (χ0v) is 8.79. The molecule has 0 aliphatic carbocycles. The molecular weight excluding hydrogens is 194 g/mol. The van der Waals surface area contributed by atoms with Crippen molar-refractivity contribution in [3.63, 3.8) is 0 Å². The molecule has 1 heterocycles. The van der Waals surface area contributed by atoms with E-state index in [2.05, 4.69) is 11.9 Å². The van der Waals surface area contributed by atoms with Gasteiger partial charge >= 0.3 is 5.97 Å². The van der Waals surface area contributed by atoms with Gasteiger partial charge in [-0.1, -0.05) is 25.8 Å². The third-order valence-corrected chi connectivity index (χ3v) is 2.65. The Kier molecular flexibility index (Phi) is 4.34. The lowest BCUT2D eigenvalue weighted by atomic mass is 10.0. The van der Waals surface area contributed by atoms with Crippen LogP contribution in [0, 0.1) is 0 Å². The number of aliphatic carboxylic acids is 1. The molecule has 0 aromatic heterocycles. The normalized spacial score (nSPS) is 24.4. The first kappa shape index (κ1) is 11.8. The van der Waals surface area contributed by atoms with E-state index in [1.807, 2.05) is 0 Å². The standard InChI is InChI=1S/C11H17NO3/c1-8-6-4-2-3-5-7-9(11(14)15)12-10(8)13/h9H,1-7H2,(H,12,13)(H,14,15)/t9-/m0/s1. The third-order valence-electron chi connectivity index (χ3n) is 2.65. The molecule has 1 saturated heterocycles. The van der Waals surface area contributed by atoms with Gasteiger partial charge in [-0.25, -0.2) is 4.79 Å². The van der Waals surface area contributed by atoms with Crippen molar-refractivity contribution in [2.75, 3.05) is 0 Å². The Morgan fingerprint density at radius 1 is 1.33 bits per heavy atom. The predicted octanol–water partition coefficient (Wildman–Crippen LogP) is 1.47. The summed E-state index contributed by atoms with van der Waals surface area (Å²) in [4.78, 5) is 22.3. The Morgan fingerprint density at radius 3 is 2.67 bits per heavy atom. The molecule has 4 heteroatoms. The minimum absolute atomic E-state index is 0.315. The van der Waals surface area contributed by atoms with Crippen LogP contribution in [0.5, 0.6) is 0 Å². The molecule has 1 aliphatic heterocycles. The summed E-state index contributed by atoms with van der Waals surface area (Å²) in [6.07, 6.45) is 5.05. The van der Waals surface area contributed by atoms with Crippen molar-refractivity contribution in [1.29, 1.82) is 0 Å². The number of carbonyl (C=O) groups is 2. The van der Waals surface area contributed by atoms with Gasteiger partial charge in [0.05, 0.1) is 0 Å². The van der Waals surface area contributed by atoms with Crippen molar-refractivity contribution in [3.8, 4) is 0 Å². The lowest BCUT2D eigenvalue weighted by Crippen LogP contribution is -2.41. The molecule has 1 amide bonds. The van der Waals surface area contributed by atoms with Crippen LogP contribution in [0.25, 0.3) is 0 Å². The average molecular weight is 211 g/mol. The fourth-order valence-corrected chi connectivity index (χ4v) is 1.67. The minimum Gasteiger partial charge on any atom is -0.480 e. The smallest absolute Gasteiger partial charge is 0.326 e. The summed E-state index contributed by atoms with van der Waals surface area (Å²) in [5, 5.41) is 11.4. The summed E-state index contributed by atoms with van der Waals surface area (Å²) in [5.74, 6) is -1.28. The van der Waals surface area contributed by atoms with Crippen LogP contribution < -0.4 is 5.32 Å². The Hall–Kier alpha value is -1.32. The molecule has 0 saturated carbocycles. The van der Waals surface area contributed by atoms with Crippen molar-refractivity contribution in [2.45, 2.75) is 44.6 Å². The summed E-state index contributed by atoms with van der Waals surface area (Å²) < 4.78 is 0. The van der Waals surface area contributed by atoms with E-state index in [4.69, 9.17) is 5.11 Å². The second kappa shape index (κ2) is 5.53. The number of amides is 1. The van der Waals surface area contributed by atoms with Crippen LogP contribution in [0.1, 0.15) is 38.5 Å². The summed E-state index contributed by atoms with van der Waals surface area (Å²) in [5.41, 5.74) is 0.489. The van der Waals surface area contributed by atoms with Crippen LogP contribution >= 0.6 is 0 Å². The monoisotopic (exact) mass is 211 g/mol. The molecule has 1 fully saturated rings. The molecule has 0 spiro atoms. The van der Waals surface area contributed by atoms with Gasteiger partial charge in [0, 0.05) is 5.57 Å². The van der Waals surface area contributed by atoms with Gasteiger partial charge in [0.15, 0.2) is 0 Å². The molecule has 1 aliphatic rings. The molecule has 84 valence electrons. The van der Waals surface area contributed by atoms with E-state index in [0.717, 1.165) is 25.7 Å². The predicted molar refractivity (Wildman–Crippen MR) is 56.4 cm³/mol. The Balaban J connectivity index is 2.62. The largest absolute Gasteiger partial charge is 0.480 e. The molecular formula is C11H17NO3. The van der Waals surface area contributed by atoms with Crippen molar-refractivity contribution >= 4 is 11.9 Å². The van der Waals surface area contributed by atoms with E-state index >= 15 is 0 Å². The first-order valence-corrected chi connectivity index (χ1v) is 5.32. The van der Waals surface area contributed by atoms with E-state index < -0.39 is 12.0 Å². The first-order valence-electron chi connectivity index (χ1n) is 5.32. The maximum atomic E-state index is 11.5. The maximum Gasteiger partial charge on any atom is 0.326 e. The second-order valence-electron chi connectivity index (χ2n) is 3.92. The van der Waals surface area contributed by atoms with E-state index in [9.17, 15) is 9.59 Å². The van der Waals surface area contributed by atoms with Gasteiger partial charge in [-0.3, -0.25) is 4.79 Å². The zero-order chi connectivity index (χ0) is 11.3. The third kappa shape index (κ3) is 3.73. The Bertz CT molecular complexity index is 273. The number of hydrogen-bond acceptors (Lipinski definition) is 2. The highest BCUT2D eigenvalue weighted by molar-refractivity contribution is 5.95. The van der Waals surface area contributed by atoms with Crippen molar-refractivity contribution < 1.29 is 14.7 Å². The number of rotatable bonds is 1. The molecule has 0 aromatic rings. The van der Waals surface area contributed by atoms with Crippen molar-refractivity contribution in [1.82, 2.24) is 5.32 Å². The van der Waals surface area contributed by atoms with Crippen LogP contribution in [0.2, 0.25) is 0 Å². The maximum absolute atomic E-state index is 11.5. The topological polar surface area (TPSA) is 66.4 Å². The first-order chi connectivity index (χ1) is 7.11. The Labute approximate surface area is 89.4 Å². The quantitative estimate of drug-likeness (QED) is 0.645. The van der Waals surface area contributed by atoms with Crippen LogP contribution in [0.3, 0.4) is 0 Å². The van der Waals surface area contributed by atoms with E-state index in [1.54, 1.807) is 0 Å². The van der Waals surface area contributed by atoms with E-state index in [-0.39, 0.29) is 5.91 Å². The van der Waals surface area contributed by atoms with Crippen LogP contribution in [-0.4, -0.2) is 23.0 Å². The van der Waals surface area contributed by atoms with Gasteiger partial charge in [0.2, 0.25) is 5.91 Å². The molecule has 0 radical (unpaired) electrons. The van der Waals surface area contributed by atoms with Crippen molar-refractivity contribution in [2.24, 2.45) is 0 Å². The fourth-order valence-electron chi connectivity index (χ4n) is 1.67. The number of carboxylic acids is 1. The number of carboxylic acid groups (broad SMARTS) is 1. The van der Waals surface area contributed by atoms with Crippen LogP contribution in [0.15, 0.2) is 12.2 Å². The molecule has 15 heavy (non-hydrogen) atoms. The van der Waals surface area contributed by atoms with Gasteiger partial charge in [-0.15, -0.1) is 0 Å². The molecule has 0 unspecified atom stereocenters. The van der Waals surface area contributed by atoms with Gasteiger partial charge < -0.3 is 10.4 Å². The molecule has 1 rings (SSSR count). The second-order valence-corrected chi connectivity index (χ2v) is 3.92. The molecule has 1 atom stereocenters. The lowest BCUT2D eigenvalue weighted by Gasteiger charge is -2.17. The number of hydrogen-bond donors (Lipinski definition) is 2. The van der Waals surface area contributed by atoms with E-state index in [0.29, 0.717) is 18.4 Å². The molecule has 0 bridgehead atoms. The summed E-state index contributed by atoms with van der Waals surface area (Å²) in [6.45, 7) is 3.66. The zero-order valence-electron chi connectivity index (χ0n) is 8.79. The van der Waals surface area contributed by atoms with Gasteiger partial charge in [0.25, 0.3) is 0 Å². The molecule has 2 N–H and O–H groups in total. The summed E-state index contributed by atoms with van der Waals surface area (Å²) in [7, 11) is 0. The highest BCUT2D eigenvalue weighted by Crippen LogP contribution is 2.14. The SMILES string of the molecule is C=C1CCCCCC[C@@H](C(=O)O)NC1=O. The highest BCUT2D eigenvalue weighted by atomic mass is 16.4. The molecule has 4 nitrogen and oxygen atoms in total. The van der Waals surface area contributed by atoms with Gasteiger partial charge in [-0.2, -0.15) is 0 Å². The van der Waals surface area contributed by atoms with Gasteiger partial charge in [-0.05, 0) is 19.3 Å². The summed E-state index contributed by atoms with van der Waals surface area (Å²) >= 11 is 0. The van der Waals surface area contributed by atoms with Crippen LogP contribution in [0.4, 0.5) is 0 Å². The number of carbonyl (C=O) groups excluding carboxylic acids is 1. The fraction of sp³-hybridized carbons (Fsp3) is 0.636. The summed E-state index contributed by atoms with van der Waals surface area (Å²) in [6, 6.07) is -0.757. The molecule has 0 aromatic carbocycles. The van der Waals surface area contributed by atoms with Crippen LogP contribution in [-0.2, 0) is 9.59 Å². The highest BCUT2D eigenvalue weighted by Gasteiger charge is 2.21. The Morgan fingerprint density at radius 2 is 2.00 bits per heavy atom.